The van der Waals surface area contributed by atoms with E-state index in [1.54, 1.807) is 6.07 Å². The Morgan fingerprint density at radius 3 is 2.83 bits per heavy atom. The first-order valence-electron chi connectivity index (χ1n) is 5.08. The van der Waals surface area contributed by atoms with Crippen molar-refractivity contribution in [3.05, 3.63) is 21.3 Å². The van der Waals surface area contributed by atoms with Crippen LogP contribution >= 0.6 is 22.9 Å². The van der Waals surface area contributed by atoms with Crippen molar-refractivity contribution in [1.29, 1.82) is 0 Å². The molecular formula is C10H9ClN2O4S. The summed E-state index contributed by atoms with van der Waals surface area (Å²) in [6.07, 6.45) is 0. The number of imide groups is 1. The minimum atomic E-state index is -0.625. The highest BCUT2D eigenvalue weighted by Crippen LogP contribution is 2.21. The van der Waals surface area contributed by atoms with E-state index in [1.807, 2.05) is 0 Å². The molecule has 0 radical (unpaired) electrons. The summed E-state index contributed by atoms with van der Waals surface area (Å²) < 4.78 is 5.27. The number of urea groups is 1. The molecule has 1 aliphatic heterocycles. The fraction of sp³-hybridized carbons (Fsp3) is 0.300. The number of carbonyl (C=O) groups excluding carboxylic acids is 3. The molecule has 3 amide bonds. The number of carbonyl (C=O) groups is 3. The van der Waals surface area contributed by atoms with Gasteiger partial charge in [0.1, 0.15) is 4.88 Å². The van der Waals surface area contributed by atoms with E-state index in [4.69, 9.17) is 16.3 Å². The maximum atomic E-state index is 11.6. The lowest BCUT2D eigenvalue weighted by Crippen LogP contribution is -2.37. The molecular weight excluding hydrogens is 280 g/mol. The fourth-order valence-corrected chi connectivity index (χ4v) is 2.35. The van der Waals surface area contributed by atoms with Crippen molar-refractivity contribution in [2.75, 3.05) is 19.7 Å². The third-order valence-corrected chi connectivity index (χ3v) is 3.47. The quantitative estimate of drug-likeness (QED) is 0.846. The fourth-order valence-electron chi connectivity index (χ4n) is 1.41. The van der Waals surface area contributed by atoms with Gasteiger partial charge in [0.05, 0.1) is 4.34 Å². The van der Waals surface area contributed by atoms with Crippen LogP contribution in [0, 0.1) is 0 Å². The van der Waals surface area contributed by atoms with Gasteiger partial charge in [0.25, 0.3) is 5.91 Å². The van der Waals surface area contributed by atoms with Gasteiger partial charge in [-0.05, 0) is 12.1 Å². The van der Waals surface area contributed by atoms with E-state index in [2.05, 4.69) is 5.32 Å². The Morgan fingerprint density at radius 1 is 1.50 bits per heavy atom. The predicted molar refractivity (Wildman–Crippen MR) is 64.7 cm³/mol. The highest BCUT2D eigenvalue weighted by molar-refractivity contribution is 7.17. The second-order valence-electron chi connectivity index (χ2n) is 3.46. The Bertz CT molecular complexity index is 502. The zero-order valence-electron chi connectivity index (χ0n) is 9.14. The summed E-state index contributed by atoms with van der Waals surface area (Å²) in [5, 5.41) is 2.48. The Balaban J connectivity index is 1.86. The van der Waals surface area contributed by atoms with Crippen molar-refractivity contribution >= 4 is 40.8 Å². The molecule has 0 atom stereocenters. The molecule has 18 heavy (non-hydrogen) atoms. The van der Waals surface area contributed by atoms with Gasteiger partial charge >= 0.3 is 12.0 Å². The highest BCUT2D eigenvalue weighted by Gasteiger charge is 2.26. The second-order valence-corrected chi connectivity index (χ2v) is 5.17. The molecule has 0 spiro atoms. The number of ether oxygens (including phenoxy) is 1. The first-order valence-corrected chi connectivity index (χ1v) is 6.28. The third kappa shape index (κ3) is 2.80. The van der Waals surface area contributed by atoms with Gasteiger partial charge in [-0.25, -0.2) is 9.59 Å². The zero-order valence-corrected chi connectivity index (χ0v) is 10.7. The van der Waals surface area contributed by atoms with Gasteiger partial charge in [-0.2, -0.15) is 0 Å². The SMILES string of the molecule is O=C(OCC(=O)N1CCNC1=O)c1ccc(Cl)s1. The Hall–Kier alpha value is -1.60. The molecule has 1 N–H and O–H groups in total. The van der Waals surface area contributed by atoms with Crippen LogP contribution in [0.2, 0.25) is 4.34 Å². The van der Waals surface area contributed by atoms with Crippen molar-refractivity contribution in [3.63, 3.8) is 0 Å². The molecule has 8 heteroatoms. The van der Waals surface area contributed by atoms with Crippen LogP contribution in [-0.2, 0) is 9.53 Å². The number of halogens is 1. The lowest BCUT2D eigenvalue weighted by molar-refractivity contribution is -0.130. The van der Waals surface area contributed by atoms with E-state index in [1.165, 1.54) is 6.07 Å². The summed E-state index contributed by atoms with van der Waals surface area (Å²) in [7, 11) is 0. The molecule has 0 unspecified atom stereocenters. The smallest absolute Gasteiger partial charge is 0.348 e. The summed E-state index contributed by atoms with van der Waals surface area (Å²) in [5.41, 5.74) is 0. The van der Waals surface area contributed by atoms with E-state index in [-0.39, 0.29) is 0 Å². The third-order valence-electron chi connectivity index (χ3n) is 2.26. The van der Waals surface area contributed by atoms with Crippen LogP contribution in [0.3, 0.4) is 0 Å². The minimum Gasteiger partial charge on any atom is -0.451 e. The largest absolute Gasteiger partial charge is 0.451 e. The maximum Gasteiger partial charge on any atom is 0.348 e. The van der Waals surface area contributed by atoms with E-state index in [0.717, 1.165) is 16.2 Å². The van der Waals surface area contributed by atoms with E-state index in [9.17, 15) is 14.4 Å². The van der Waals surface area contributed by atoms with Crippen LogP contribution in [0.15, 0.2) is 12.1 Å². The summed E-state index contributed by atoms with van der Waals surface area (Å²) in [6.45, 7) is 0.251. The second kappa shape index (κ2) is 5.36. The van der Waals surface area contributed by atoms with Gasteiger partial charge in [-0.1, -0.05) is 11.6 Å². The molecule has 0 aliphatic carbocycles. The molecule has 96 valence electrons. The Morgan fingerprint density at radius 2 is 2.28 bits per heavy atom. The minimum absolute atomic E-state index is 0.292. The normalized spacial score (nSPS) is 14.5. The topological polar surface area (TPSA) is 75.7 Å². The van der Waals surface area contributed by atoms with E-state index in [0.29, 0.717) is 22.3 Å². The van der Waals surface area contributed by atoms with Crippen molar-refractivity contribution in [2.24, 2.45) is 0 Å². The first-order chi connectivity index (χ1) is 8.58. The molecule has 1 saturated heterocycles. The van der Waals surface area contributed by atoms with Crippen LogP contribution in [-0.4, -0.2) is 42.5 Å². The number of nitrogens with zero attached hydrogens (tertiary/aromatic N) is 1. The summed E-state index contributed by atoms with van der Waals surface area (Å²) in [5.74, 6) is -1.17. The highest BCUT2D eigenvalue weighted by atomic mass is 35.5. The van der Waals surface area contributed by atoms with Gasteiger partial charge < -0.3 is 10.1 Å². The van der Waals surface area contributed by atoms with Gasteiger partial charge in [0, 0.05) is 13.1 Å². The molecule has 6 nitrogen and oxygen atoms in total. The number of esters is 1. The number of hydrogen-bond donors (Lipinski definition) is 1. The molecule has 1 aliphatic rings. The van der Waals surface area contributed by atoms with Crippen LogP contribution in [0.25, 0.3) is 0 Å². The number of hydrogen-bond acceptors (Lipinski definition) is 5. The molecule has 2 rings (SSSR count). The van der Waals surface area contributed by atoms with E-state index < -0.39 is 24.5 Å². The van der Waals surface area contributed by atoms with Crippen molar-refractivity contribution in [2.45, 2.75) is 0 Å². The van der Waals surface area contributed by atoms with Gasteiger partial charge in [-0.15, -0.1) is 11.3 Å². The average molecular weight is 289 g/mol. The Kier molecular flexibility index (Phi) is 3.83. The van der Waals surface area contributed by atoms with Crippen molar-refractivity contribution in [3.8, 4) is 0 Å². The van der Waals surface area contributed by atoms with Crippen molar-refractivity contribution in [1.82, 2.24) is 10.2 Å². The van der Waals surface area contributed by atoms with Crippen LogP contribution in [0.5, 0.6) is 0 Å². The van der Waals surface area contributed by atoms with Gasteiger partial charge in [-0.3, -0.25) is 9.69 Å². The summed E-state index contributed by atoms with van der Waals surface area (Å²) in [6, 6.07) is 2.62. The van der Waals surface area contributed by atoms with Gasteiger partial charge in [0.15, 0.2) is 6.61 Å². The maximum absolute atomic E-state index is 11.6. The molecule has 1 aromatic rings. The number of rotatable bonds is 3. The molecule has 0 aromatic carbocycles. The lowest BCUT2D eigenvalue weighted by Gasteiger charge is -2.11. The average Bonchev–Trinajstić information content (AvgIpc) is 2.94. The molecule has 1 aromatic heterocycles. The predicted octanol–water partition coefficient (Wildman–Crippen LogP) is 1.11. The molecule has 2 heterocycles. The molecule has 0 bridgehead atoms. The zero-order chi connectivity index (χ0) is 13.1. The number of amides is 3. The van der Waals surface area contributed by atoms with Crippen molar-refractivity contribution < 1.29 is 19.1 Å². The summed E-state index contributed by atoms with van der Waals surface area (Å²) >= 11 is 6.74. The summed E-state index contributed by atoms with van der Waals surface area (Å²) in [4.78, 5) is 35.6. The van der Waals surface area contributed by atoms with E-state index >= 15 is 0 Å². The van der Waals surface area contributed by atoms with Crippen LogP contribution < -0.4 is 5.32 Å². The molecule has 1 fully saturated rings. The number of thiophene rings is 1. The Labute approximate surface area is 111 Å². The lowest BCUT2D eigenvalue weighted by atomic mass is 10.5. The molecule has 0 saturated carbocycles. The first kappa shape index (κ1) is 12.8. The van der Waals surface area contributed by atoms with Gasteiger partial charge in [0.2, 0.25) is 0 Å². The number of nitrogens with one attached hydrogen (secondary N) is 1. The van der Waals surface area contributed by atoms with Crippen LogP contribution in [0.1, 0.15) is 9.67 Å². The monoisotopic (exact) mass is 288 g/mol. The van der Waals surface area contributed by atoms with Crippen LogP contribution in [0.4, 0.5) is 4.79 Å². The standard InChI is InChI=1S/C10H9ClN2O4S/c11-7-2-1-6(18-7)9(15)17-5-8(14)13-4-3-12-10(13)16/h1-2H,3-5H2,(H,12,16).